The molecule has 1 aromatic rings. The van der Waals surface area contributed by atoms with Crippen LogP contribution < -0.4 is 9.95 Å². The van der Waals surface area contributed by atoms with E-state index in [1.54, 1.807) is 0 Å². The predicted molar refractivity (Wildman–Crippen MR) is 89.2 cm³/mol. The van der Waals surface area contributed by atoms with Crippen LogP contribution in [-0.2, 0) is 9.31 Å². The topological polar surface area (TPSA) is 31.4 Å². The molecule has 4 nitrogen and oxygen atoms in total. The second-order valence-electron chi connectivity index (χ2n) is 7.48. The molecule has 4 heterocycles. The van der Waals surface area contributed by atoms with Gasteiger partial charge in [0.2, 0.25) is 5.82 Å². The molecule has 0 amide bonds. The van der Waals surface area contributed by atoms with Gasteiger partial charge in [-0.1, -0.05) is 0 Å². The van der Waals surface area contributed by atoms with Gasteiger partial charge < -0.3 is 9.31 Å². The molecule has 0 N–H and O–H groups in total. The summed E-state index contributed by atoms with van der Waals surface area (Å²) in [7, 11) is -0.352. The molecule has 1 fully saturated rings. The number of nitrogens with zero attached hydrogens (tertiary/aromatic N) is 2. The monoisotopic (exact) mass is 297 g/mol. The molecule has 22 heavy (non-hydrogen) atoms. The number of allylic oxidation sites excluding steroid dienone is 2. The van der Waals surface area contributed by atoms with Crippen molar-refractivity contribution >= 4 is 24.5 Å². The summed E-state index contributed by atoms with van der Waals surface area (Å²) in [4.78, 5) is 4.72. The largest absolute Gasteiger partial charge is 0.496 e. The molecule has 0 saturated carbocycles. The van der Waals surface area contributed by atoms with E-state index in [1.807, 2.05) is 6.20 Å². The van der Waals surface area contributed by atoms with E-state index in [1.165, 1.54) is 11.4 Å². The Morgan fingerprint density at radius 1 is 1.05 bits per heavy atom. The fraction of sp³-hybridized carbons (Fsp3) is 0.471. The zero-order chi connectivity index (χ0) is 15.9. The van der Waals surface area contributed by atoms with Crippen LogP contribution in [0.4, 0.5) is 5.82 Å². The molecule has 1 saturated heterocycles. The first-order valence-electron chi connectivity index (χ1n) is 7.82. The Labute approximate surface area is 132 Å². The highest BCUT2D eigenvalue weighted by Crippen LogP contribution is 2.52. The van der Waals surface area contributed by atoms with Gasteiger partial charge in [0.25, 0.3) is 0 Å². The Balaban J connectivity index is 1.67. The average Bonchev–Trinajstić information content (AvgIpc) is 2.74. The number of aromatic nitrogens is 1. The van der Waals surface area contributed by atoms with Crippen LogP contribution in [0.1, 0.15) is 47.1 Å². The van der Waals surface area contributed by atoms with Crippen molar-refractivity contribution in [3.8, 4) is 0 Å². The third kappa shape index (κ3) is 1.56. The zero-order valence-corrected chi connectivity index (χ0v) is 14.1. The van der Waals surface area contributed by atoms with Gasteiger partial charge in [-0.05, 0) is 33.8 Å². The lowest BCUT2D eigenvalue weighted by atomic mass is 9.79. The SMILES string of the molecule is CC1=C(C)[N+]12C=Cc1cc(B3OC(C)(C)C(C)(C)O3)cnc12. The van der Waals surface area contributed by atoms with Gasteiger partial charge in [-0.3, -0.25) is 0 Å². The van der Waals surface area contributed by atoms with Crippen LogP contribution in [-0.4, -0.2) is 23.3 Å². The number of rotatable bonds is 1. The van der Waals surface area contributed by atoms with Crippen molar-refractivity contribution < 1.29 is 9.31 Å². The van der Waals surface area contributed by atoms with E-state index in [0.717, 1.165) is 21.3 Å². The van der Waals surface area contributed by atoms with E-state index in [2.05, 4.69) is 59.9 Å². The molecule has 1 aromatic heterocycles. The molecule has 0 unspecified atom stereocenters. The van der Waals surface area contributed by atoms with Gasteiger partial charge in [0.1, 0.15) is 6.20 Å². The highest BCUT2D eigenvalue weighted by Gasteiger charge is 2.56. The summed E-state index contributed by atoms with van der Waals surface area (Å²) < 4.78 is 13.0. The average molecular weight is 297 g/mol. The molecule has 114 valence electrons. The van der Waals surface area contributed by atoms with Crippen LogP contribution in [0, 0.1) is 0 Å². The molecule has 0 bridgehead atoms. The van der Waals surface area contributed by atoms with Crippen molar-refractivity contribution in [2.45, 2.75) is 52.7 Å². The van der Waals surface area contributed by atoms with Gasteiger partial charge in [0.15, 0.2) is 11.4 Å². The van der Waals surface area contributed by atoms with Gasteiger partial charge in [-0.2, -0.15) is 4.48 Å². The minimum Gasteiger partial charge on any atom is -0.399 e. The summed E-state index contributed by atoms with van der Waals surface area (Å²) in [5.74, 6) is 1.09. The van der Waals surface area contributed by atoms with Gasteiger partial charge >= 0.3 is 7.12 Å². The smallest absolute Gasteiger partial charge is 0.399 e. The summed E-state index contributed by atoms with van der Waals surface area (Å²) in [6, 6.07) is 2.15. The predicted octanol–water partition coefficient (Wildman–Crippen LogP) is 2.94. The van der Waals surface area contributed by atoms with Crippen molar-refractivity contribution in [3.05, 3.63) is 35.4 Å². The van der Waals surface area contributed by atoms with E-state index in [9.17, 15) is 0 Å². The van der Waals surface area contributed by atoms with Gasteiger partial charge in [0, 0.05) is 31.6 Å². The minimum absolute atomic E-state index is 0.324. The maximum absolute atomic E-state index is 6.12. The molecule has 4 rings (SSSR count). The molecule has 3 aliphatic rings. The second kappa shape index (κ2) is 3.91. The third-order valence-electron chi connectivity index (χ3n) is 5.79. The van der Waals surface area contributed by atoms with E-state index >= 15 is 0 Å². The quantitative estimate of drug-likeness (QED) is 0.590. The second-order valence-corrected chi connectivity index (χ2v) is 7.48. The summed E-state index contributed by atoms with van der Waals surface area (Å²) >= 11 is 0. The van der Waals surface area contributed by atoms with Gasteiger partial charge in [0.05, 0.1) is 16.8 Å². The standard InChI is InChI=1S/C17H22BN2O2/c1-11-12(2)20(11)8-7-13-9-14(10-19-15(13)20)18-21-16(3,4)17(5,6)22-18/h7-10H,1-6H3/q+1. The van der Waals surface area contributed by atoms with E-state index < -0.39 is 0 Å². The molecular weight excluding hydrogens is 275 g/mol. The highest BCUT2D eigenvalue weighted by atomic mass is 16.7. The Bertz CT molecular complexity index is 721. The van der Waals surface area contributed by atoms with Crippen LogP contribution >= 0.6 is 0 Å². The number of quaternary nitrogens is 1. The minimum atomic E-state index is -0.352. The first kappa shape index (κ1) is 14.2. The Morgan fingerprint density at radius 3 is 2.18 bits per heavy atom. The fourth-order valence-electron chi connectivity index (χ4n) is 3.34. The highest BCUT2D eigenvalue weighted by molar-refractivity contribution is 6.62. The lowest BCUT2D eigenvalue weighted by molar-refractivity contribution is 0.00578. The number of pyridine rings is 1. The van der Waals surface area contributed by atoms with E-state index in [-0.39, 0.29) is 18.3 Å². The molecule has 0 aliphatic carbocycles. The van der Waals surface area contributed by atoms with Crippen LogP contribution in [0.5, 0.6) is 0 Å². The first-order valence-corrected chi connectivity index (χ1v) is 7.82. The fourth-order valence-corrected chi connectivity index (χ4v) is 3.34. The van der Waals surface area contributed by atoms with Crippen LogP contribution in [0.3, 0.4) is 0 Å². The lowest BCUT2D eigenvalue weighted by Gasteiger charge is -2.32. The molecule has 0 radical (unpaired) electrons. The summed E-state index contributed by atoms with van der Waals surface area (Å²) in [5, 5.41) is 0. The van der Waals surface area contributed by atoms with Gasteiger partial charge in [-0.25, -0.2) is 4.98 Å². The van der Waals surface area contributed by atoms with Crippen LogP contribution in [0.15, 0.2) is 29.9 Å². The maximum Gasteiger partial charge on any atom is 0.496 e. The van der Waals surface area contributed by atoms with Crippen molar-refractivity contribution in [2.75, 3.05) is 0 Å². The summed E-state index contributed by atoms with van der Waals surface area (Å²) in [5.41, 5.74) is 4.23. The number of hydrogen-bond acceptors (Lipinski definition) is 3. The maximum atomic E-state index is 6.12. The van der Waals surface area contributed by atoms with Gasteiger partial charge in [-0.15, -0.1) is 0 Å². The van der Waals surface area contributed by atoms with Crippen molar-refractivity contribution in [3.63, 3.8) is 0 Å². The Kier molecular flexibility index (Phi) is 2.52. The Morgan fingerprint density at radius 2 is 1.64 bits per heavy atom. The molecular formula is C17H22BN2O2+. The lowest BCUT2D eigenvalue weighted by Crippen LogP contribution is -2.41. The number of hydrogen-bond donors (Lipinski definition) is 0. The molecule has 0 atom stereocenters. The summed E-state index contributed by atoms with van der Waals surface area (Å²) in [6.07, 6.45) is 6.25. The first-order chi connectivity index (χ1) is 10.2. The normalized spacial score (nSPS) is 26.0. The van der Waals surface area contributed by atoms with Crippen molar-refractivity contribution in [1.29, 1.82) is 0 Å². The summed E-state index contributed by atoms with van der Waals surface area (Å²) in [6.45, 7) is 12.6. The molecule has 5 heteroatoms. The number of fused-ring (bicyclic) bond motifs is 2. The van der Waals surface area contributed by atoms with Crippen molar-refractivity contribution in [1.82, 2.24) is 9.47 Å². The molecule has 1 spiro atoms. The van der Waals surface area contributed by atoms with E-state index in [4.69, 9.17) is 14.3 Å². The molecule has 3 aliphatic heterocycles. The van der Waals surface area contributed by atoms with Crippen LogP contribution in [0.25, 0.3) is 6.08 Å². The third-order valence-corrected chi connectivity index (χ3v) is 5.79. The van der Waals surface area contributed by atoms with E-state index in [0.29, 0.717) is 0 Å². The zero-order valence-electron chi connectivity index (χ0n) is 14.1. The van der Waals surface area contributed by atoms with Crippen LogP contribution in [0.2, 0.25) is 0 Å². The molecule has 0 aromatic carbocycles. The Hall–Kier alpha value is -1.43. The van der Waals surface area contributed by atoms with Crippen molar-refractivity contribution in [2.24, 2.45) is 0 Å².